The normalized spacial score (nSPS) is 21.3. The summed E-state index contributed by atoms with van der Waals surface area (Å²) >= 11 is 0. The second-order valence-corrected chi connectivity index (χ2v) is 4.90. The van der Waals surface area contributed by atoms with E-state index in [9.17, 15) is 0 Å². The SMILES string of the molecule is CCC(NC)c1ccccc1N1CCC(OC)C1. The zero-order chi connectivity index (χ0) is 13.0. The average molecular weight is 248 g/mol. The summed E-state index contributed by atoms with van der Waals surface area (Å²) in [5.74, 6) is 0. The van der Waals surface area contributed by atoms with Crippen molar-refractivity contribution in [3.63, 3.8) is 0 Å². The van der Waals surface area contributed by atoms with Crippen LogP contribution in [0.2, 0.25) is 0 Å². The van der Waals surface area contributed by atoms with Crippen LogP contribution in [-0.4, -0.2) is 33.4 Å². The molecule has 18 heavy (non-hydrogen) atoms. The maximum Gasteiger partial charge on any atom is 0.0762 e. The van der Waals surface area contributed by atoms with E-state index in [4.69, 9.17) is 4.74 Å². The number of rotatable bonds is 5. The molecule has 2 rings (SSSR count). The van der Waals surface area contributed by atoms with Crippen molar-refractivity contribution in [3.8, 4) is 0 Å². The lowest BCUT2D eigenvalue weighted by Gasteiger charge is -2.25. The van der Waals surface area contributed by atoms with Crippen LogP contribution in [0.15, 0.2) is 24.3 Å². The molecule has 0 aliphatic carbocycles. The molecule has 100 valence electrons. The van der Waals surface area contributed by atoms with Gasteiger partial charge in [-0.3, -0.25) is 0 Å². The van der Waals surface area contributed by atoms with Gasteiger partial charge < -0.3 is 15.0 Å². The summed E-state index contributed by atoms with van der Waals surface area (Å²) in [6.45, 7) is 4.32. The van der Waals surface area contributed by atoms with Crippen LogP contribution in [-0.2, 0) is 4.74 Å². The van der Waals surface area contributed by atoms with E-state index in [1.165, 1.54) is 11.3 Å². The Kier molecular flexibility index (Phi) is 4.61. The largest absolute Gasteiger partial charge is 0.380 e. The lowest BCUT2D eigenvalue weighted by atomic mass is 10.0. The molecule has 1 saturated heterocycles. The summed E-state index contributed by atoms with van der Waals surface area (Å²) in [5.41, 5.74) is 2.76. The zero-order valence-electron chi connectivity index (χ0n) is 11.6. The van der Waals surface area contributed by atoms with Crippen molar-refractivity contribution in [3.05, 3.63) is 29.8 Å². The monoisotopic (exact) mass is 248 g/mol. The van der Waals surface area contributed by atoms with Crippen LogP contribution in [0.4, 0.5) is 5.69 Å². The Morgan fingerprint density at radius 1 is 1.44 bits per heavy atom. The number of nitrogens with zero attached hydrogens (tertiary/aromatic N) is 1. The van der Waals surface area contributed by atoms with Crippen molar-refractivity contribution in [2.75, 3.05) is 32.1 Å². The molecule has 1 aliphatic rings. The fourth-order valence-electron chi connectivity index (χ4n) is 2.79. The predicted octanol–water partition coefficient (Wildman–Crippen LogP) is 2.58. The Labute approximate surface area is 110 Å². The summed E-state index contributed by atoms with van der Waals surface area (Å²) < 4.78 is 5.46. The quantitative estimate of drug-likeness (QED) is 0.867. The van der Waals surface area contributed by atoms with Crippen molar-refractivity contribution >= 4 is 5.69 Å². The highest BCUT2D eigenvalue weighted by Crippen LogP contribution is 2.30. The van der Waals surface area contributed by atoms with E-state index in [1.807, 2.05) is 14.2 Å². The van der Waals surface area contributed by atoms with Crippen molar-refractivity contribution in [1.82, 2.24) is 5.32 Å². The topological polar surface area (TPSA) is 24.5 Å². The molecule has 3 heteroatoms. The summed E-state index contributed by atoms with van der Waals surface area (Å²) in [4.78, 5) is 2.45. The van der Waals surface area contributed by atoms with Crippen LogP contribution in [0.1, 0.15) is 31.4 Å². The maximum absolute atomic E-state index is 5.46. The van der Waals surface area contributed by atoms with Gasteiger partial charge in [0.15, 0.2) is 0 Å². The van der Waals surface area contributed by atoms with E-state index in [0.29, 0.717) is 12.1 Å². The van der Waals surface area contributed by atoms with Crippen LogP contribution >= 0.6 is 0 Å². The van der Waals surface area contributed by atoms with Gasteiger partial charge in [0.05, 0.1) is 6.10 Å². The fraction of sp³-hybridized carbons (Fsp3) is 0.600. The van der Waals surface area contributed by atoms with Crippen molar-refractivity contribution < 1.29 is 4.74 Å². The number of hydrogen-bond donors (Lipinski definition) is 1. The van der Waals surface area contributed by atoms with Crippen LogP contribution < -0.4 is 10.2 Å². The Hall–Kier alpha value is -1.06. The second-order valence-electron chi connectivity index (χ2n) is 4.90. The predicted molar refractivity (Wildman–Crippen MR) is 76.2 cm³/mol. The van der Waals surface area contributed by atoms with Gasteiger partial charge in [-0.15, -0.1) is 0 Å². The molecule has 1 N–H and O–H groups in total. The van der Waals surface area contributed by atoms with Gasteiger partial charge in [0, 0.05) is 31.9 Å². The minimum absolute atomic E-state index is 0.382. The van der Waals surface area contributed by atoms with Gasteiger partial charge in [0.2, 0.25) is 0 Å². The van der Waals surface area contributed by atoms with Crippen LogP contribution in [0.3, 0.4) is 0 Å². The minimum Gasteiger partial charge on any atom is -0.380 e. The highest BCUT2D eigenvalue weighted by Gasteiger charge is 2.24. The van der Waals surface area contributed by atoms with Crippen molar-refractivity contribution in [1.29, 1.82) is 0 Å². The first kappa shape index (κ1) is 13.4. The lowest BCUT2D eigenvalue weighted by Crippen LogP contribution is -2.25. The molecule has 1 aliphatic heterocycles. The number of ether oxygens (including phenoxy) is 1. The third-order valence-corrected chi connectivity index (χ3v) is 3.89. The highest BCUT2D eigenvalue weighted by atomic mass is 16.5. The van der Waals surface area contributed by atoms with E-state index >= 15 is 0 Å². The molecule has 0 bridgehead atoms. The van der Waals surface area contributed by atoms with Crippen LogP contribution in [0.5, 0.6) is 0 Å². The van der Waals surface area contributed by atoms with Crippen LogP contribution in [0.25, 0.3) is 0 Å². The second kappa shape index (κ2) is 6.21. The van der Waals surface area contributed by atoms with Crippen molar-refractivity contribution in [2.24, 2.45) is 0 Å². The Balaban J connectivity index is 2.22. The average Bonchev–Trinajstić information content (AvgIpc) is 2.89. The third-order valence-electron chi connectivity index (χ3n) is 3.89. The first-order valence-electron chi connectivity index (χ1n) is 6.84. The smallest absolute Gasteiger partial charge is 0.0762 e. The lowest BCUT2D eigenvalue weighted by molar-refractivity contribution is 0.121. The zero-order valence-corrected chi connectivity index (χ0v) is 11.6. The molecule has 1 heterocycles. The molecule has 0 aromatic heterocycles. The van der Waals surface area contributed by atoms with Crippen LogP contribution in [0, 0.1) is 0 Å². The molecule has 2 atom stereocenters. The van der Waals surface area contributed by atoms with E-state index < -0.39 is 0 Å². The highest BCUT2D eigenvalue weighted by molar-refractivity contribution is 5.55. The Morgan fingerprint density at radius 2 is 2.22 bits per heavy atom. The standard InChI is InChI=1S/C15H24N2O/c1-4-14(16-2)13-7-5-6-8-15(13)17-10-9-12(11-17)18-3/h5-8,12,14,16H,4,9-11H2,1-3H3. The molecule has 0 saturated carbocycles. The van der Waals surface area contributed by atoms with Gasteiger partial charge in [0.25, 0.3) is 0 Å². The Morgan fingerprint density at radius 3 is 2.83 bits per heavy atom. The van der Waals surface area contributed by atoms with E-state index in [-0.39, 0.29) is 0 Å². The van der Waals surface area contributed by atoms with Gasteiger partial charge in [0.1, 0.15) is 0 Å². The van der Waals surface area contributed by atoms with Gasteiger partial charge >= 0.3 is 0 Å². The van der Waals surface area contributed by atoms with E-state index in [2.05, 4.69) is 41.4 Å². The molecule has 3 nitrogen and oxygen atoms in total. The maximum atomic E-state index is 5.46. The summed E-state index contributed by atoms with van der Waals surface area (Å²) in [5, 5.41) is 3.40. The van der Waals surface area contributed by atoms with Gasteiger partial charge in [-0.2, -0.15) is 0 Å². The molecule has 0 spiro atoms. The number of nitrogens with one attached hydrogen (secondary N) is 1. The van der Waals surface area contributed by atoms with Crippen molar-refractivity contribution in [2.45, 2.75) is 31.9 Å². The molecular weight excluding hydrogens is 224 g/mol. The Bertz CT molecular complexity index is 377. The molecule has 1 aromatic rings. The molecule has 0 radical (unpaired) electrons. The van der Waals surface area contributed by atoms with Gasteiger partial charge in [-0.05, 0) is 31.5 Å². The minimum atomic E-state index is 0.382. The van der Waals surface area contributed by atoms with Gasteiger partial charge in [-0.25, -0.2) is 0 Å². The number of methoxy groups -OCH3 is 1. The molecule has 1 aromatic carbocycles. The summed E-state index contributed by atoms with van der Waals surface area (Å²) in [6, 6.07) is 9.15. The summed E-state index contributed by atoms with van der Waals surface area (Å²) in [6.07, 6.45) is 2.61. The molecular formula is C15H24N2O. The first-order chi connectivity index (χ1) is 8.80. The number of benzene rings is 1. The molecule has 0 amide bonds. The van der Waals surface area contributed by atoms with E-state index in [1.54, 1.807) is 0 Å². The number of para-hydroxylation sites is 1. The van der Waals surface area contributed by atoms with Gasteiger partial charge in [-0.1, -0.05) is 25.1 Å². The summed E-state index contributed by atoms with van der Waals surface area (Å²) in [7, 11) is 3.84. The number of anilines is 1. The third kappa shape index (κ3) is 2.68. The fourth-order valence-corrected chi connectivity index (χ4v) is 2.79. The van der Waals surface area contributed by atoms with E-state index in [0.717, 1.165) is 25.9 Å². The number of hydrogen-bond acceptors (Lipinski definition) is 3. The molecule has 1 fully saturated rings. The first-order valence-corrected chi connectivity index (χ1v) is 6.84. The molecule has 2 unspecified atom stereocenters.